The van der Waals surface area contributed by atoms with Crippen molar-refractivity contribution in [3.63, 3.8) is 0 Å². The molecule has 0 radical (unpaired) electrons. The summed E-state index contributed by atoms with van der Waals surface area (Å²) in [6.07, 6.45) is 7.89. The number of hydrogen-bond donors (Lipinski definition) is 1. The predicted octanol–water partition coefficient (Wildman–Crippen LogP) is 2.64. The summed E-state index contributed by atoms with van der Waals surface area (Å²) in [6, 6.07) is -0.336. The minimum Gasteiger partial charge on any atom is -0.320 e. The average Bonchev–Trinajstić information content (AvgIpc) is 2.36. The highest BCUT2D eigenvalue weighted by Crippen LogP contribution is 2.04. The van der Waals surface area contributed by atoms with E-state index in [0.717, 1.165) is 5.57 Å². The quantitative estimate of drug-likeness (QED) is 0.780. The van der Waals surface area contributed by atoms with Gasteiger partial charge in [-0.2, -0.15) is 0 Å². The Morgan fingerprint density at radius 1 is 1.39 bits per heavy atom. The molecular formula is C14H22N2O2. The van der Waals surface area contributed by atoms with Gasteiger partial charge in [-0.25, -0.2) is 4.79 Å². The molecule has 100 valence electrons. The zero-order valence-electron chi connectivity index (χ0n) is 11.4. The SMILES string of the molecule is C=C(/C=C\C=C/C)CN1CCC(=O)NC1=O.CC. The molecule has 0 aromatic rings. The van der Waals surface area contributed by atoms with Crippen molar-refractivity contribution >= 4 is 11.9 Å². The fourth-order valence-electron chi connectivity index (χ4n) is 1.35. The molecule has 1 N–H and O–H groups in total. The summed E-state index contributed by atoms with van der Waals surface area (Å²) < 4.78 is 0. The van der Waals surface area contributed by atoms with E-state index in [1.807, 2.05) is 45.1 Å². The van der Waals surface area contributed by atoms with Gasteiger partial charge in [0.25, 0.3) is 0 Å². The van der Waals surface area contributed by atoms with Crippen LogP contribution in [0.4, 0.5) is 4.79 Å². The Bertz CT molecular complexity index is 357. The molecule has 0 aromatic carbocycles. The van der Waals surface area contributed by atoms with Gasteiger partial charge in [-0.05, 0) is 12.5 Å². The zero-order valence-corrected chi connectivity index (χ0v) is 11.4. The lowest BCUT2D eigenvalue weighted by atomic mass is 10.2. The summed E-state index contributed by atoms with van der Waals surface area (Å²) in [5.41, 5.74) is 0.836. The summed E-state index contributed by atoms with van der Waals surface area (Å²) in [5.74, 6) is -0.212. The monoisotopic (exact) mass is 250 g/mol. The Balaban J connectivity index is 0.00000137. The highest BCUT2D eigenvalue weighted by atomic mass is 16.2. The Morgan fingerprint density at radius 3 is 2.61 bits per heavy atom. The molecule has 0 bridgehead atoms. The zero-order chi connectivity index (χ0) is 14.0. The Morgan fingerprint density at radius 2 is 2.06 bits per heavy atom. The van der Waals surface area contributed by atoms with Crippen molar-refractivity contribution in [2.75, 3.05) is 13.1 Å². The number of carbonyl (C=O) groups is 2. The molecule has 0 aliphatic carbocycles. The van der Waals surface area contributed by atoms with Gasteiger partial charge in [-0.3, -0.25) is 10.1 Å². The number of rotatable bonds is 4. The average molecular weight is 250 g/mol. The molecule has 0 atom stereocenters. The van der Waals surface area contributed by atoms with E-state index in [-0.39, 0.29) is 11.9 Å². The van der Waals surface area contributed by atoms with Crippen molar-refractivity contribution in [2.45, 2.75) is 27.2 Å². The fourth-order valence-corrected chi connectivity index (χ4v) is 1.35. The van der Waals surface area contributed by atoms with Crippen LogP contribution in [0.3, 0.4) is 0 Å². The number of nitrogens with zero attached hydrogens (tertiary/aromatic N) is 1. The summed E-state index contributed by atoms with van der Waals surface area (Å²) in [7, 11) is 0. The number of allylic oxidation sites excluding steroid dienone is 3. The van der Waals surface area contributed by atoms with Crippen LogP contribution in [0, 0.1) is 0 Å². The second kappa shape index (κ2) is 9.22. The van der Waals surface area contributed by atoms with E-state index in [9.17, 15) is 9.59 Å². The van der Waals surface area contributed by atoms with E-state index in [0.29, 0.717) is 19.5 Å². The number of nitrogens with one attached hydrogen (secondary N) is 1. The van der Waals surface area contributed by atoms with Gasteiger partial charge < -0.3 is 4.90 Å². The highest BCUT2D eigenvalue weighted by molar-refractivity contribution is 5.96. The van der Waals surface area contributed by atoms with Gasteiger partial charge in [0.05, 0.1) is 0 Å². The molecule has 0 unspecified atom stereocenters. The number of urea groups is 1. The van der Waals surface area contributed by atoms with Gasteiger partial charge in [0.15, 0.2) is 0 Å². The van der Waals surface area contributed by atoms with E-state index < -0.39 is 0 Å². The minimum atomic E-state index is -0.336. The van der Waals surface area contributed by atoms with Gasteiger partial charge in [0.2, 0.25) is 5.91 Å². The standard InChI is InChI=1S/C12H16N2O2.C2H6/c1-3-4-5-6-10(2)9-14-8-7-11(15)13-12(14)16;1-2/h3-6H,2,7-9H2,1H3,(H,13,15,16);1-2H3/b4-3-,6-5-;. The number of imide groups is 1. The van der Waals surface area contributed by atoms with Crippen molar-refractivity contribution in [3.8, 4) is 0 Å². The molecule has 3 amide bonds. The van der Waals surface area contributed by atoms with Crippen molar-refractivity contribution in [3.05, 3.63) is 36.5 Å². The highest BCUT2D eigenvalue weighted by Gasteiger charge is 2.22. The first-order chi connectivity index (χ1) is 8.63. The van der Waals surface area contributed by atoms with Crippen LogP contribution in [-0.2, 0) is 4.79 Å². The summed E-state index contributed by atoms with van der Waals surface area (Å²) in [6.45, 7) is 10.7. The van der Waals surface area contributed by atoms with Crippen LogP contribution < -0.4 is 5.32 Å². The maximum absolute atomic E-state index is 11.4. The van der Waals surface area contributed by atoms with Crippen LogP contribution in [0.25, 0.3) is 0 Å². The van der Waals surface area contributed by atoms with Gasteiger partial charge >= 0.3 is 6.03 Å². The minimum absolute atomic E-state index is 0.212. The molecule has 1 saturated heterocycles. The number of carbonyl (C=O) groups excluding carboxylic acids is 2. The van der Waals surface area contributed by atoms with E-state index in [4.69, 9.17) is 0 Å². The van der Waals surface area contributed by atoms with Crippen LogP contribution >= 0.6 is 0 Å². The third-order valence-corrected chi connectivity index (χ3v) is 2.17. The lowest BCUT2D eigenvalue weighted by Crippen LogP contribution is -2.49. The second-order valence-corrected chi connectivity index (χ2v) is 3.57. The Labute approximate surface area is 109 Å². The molecule has 0 saturated carbocycles. The second-order valence-electron chi connectivity index (χ2n) is 3.57. The van der Waals surface area contributed by atoms with Gasteiger partial charge in [-0.15, -0.1) is 0 Å². The normalized spacial score (nSPS) is 15.6. The smallest absolute Gasteiger partial charge is 0.320 e. The van der Waals surface area contributed by atoms with Gasteiger partial charge in [-0.1, -0.05) is 44.7 Å². The lowest BCUT2D eigenvalue weighted by Gasteiger charge is -2.26. The molecule has 0 aromatic heterocycles. The van der Waals surface area contributed by atoms with Crippen molar-refractivity contribution < 1.29 is 9.59 Å². The molecule has 1 fully saturated rings. The van der Waals surface area contributed by atoms with Crippen LogP contribution in [0.2, 0.25) is 0 Å². The topological polar surface area (TPSA) is 49.4 Å². The van der Waals surface area contributed by atoms with E-state index in [1.165, 1.54) is 0 Å². The molecule has 0 spiro atoms. The maximum atomic E-state index is 11.4. The largest absolute Gasteiger partial charge is 0.324 e. The molecule has 1 aliphatic heterocycles. The lowest BCUT2D eigenvalue weighted by molar-refractivity contribution is -0.121. The summed E-state index contributed by atoms with van der Waals surface area (Å²) in [4.78, 5) is 23.9. The molecule has 18 heavy (non-hydrogen) atoms. The number of amides is 3. The summed E-state index contributed by atoms with van der Waals surface area (Å²) in [5, 5.41) is 2.27. The van der Waals surface area contributed by atoms with Crippen molar-refractivity contribution in [2.24, 2.45) is 0 Å². The predicted molar refractivity (Wildman–Crippen MR) is 74.2 cm³/mol. The van der Waals surface area contributed by atoms with Crippen LogP contribution in [0.15, 0.2) is 36.5 Å². The van der Waals surface area contributed by atoms with E-state index in [2.05, 4.69) is 11.9 Å². The Kier molecular flexibility index (Phi) is 8.27. The van der Waals surface area contributed by atoms with Crippen LogP contribution in [-0.4, -0.2) is 29.9 Å². The van der Waals surface area contributed by atoms with Gasteiger partial charge in [0, 0.05) is 19.5 Å². The fraction of sp³-hybridized carbons (Fsp3) is 0.429. The first kappa shape index (κ1) is 16.2. The number of hydrogen-bond acceptors (Lipinski definition) is 2. The molecule has 1 aliphatic rings. The molecule has 1 heterocycles. The molecule has 4 nitrogen and oxygen atoms in total. The Hall–Kier alpha value is -1.84. The van der Waals surface area contributed by atoms with Crippen LogP contribution in [0.5, 0.6) is 0 Å². The molecular weight excluding hydrogens is 228 g/mol. The third-order valence-electron chi connectivity index (χ3n) is 2.17. The first-order valence-electron chi connectivity index (χ1n) is 6.19. The summed E-state index contributed by atoms with van der Waals surface area (Å²) >= 11 is 0. The third kappa shape index (κ3) is 6.03. The van der Waals surface area contributed by atoms with Crippen molar-refractivity contribution in [1.29, 1.82) is 0 Å². The molecule has 4 heteroatoms. The van der Waals surface area contributed by atoms with Crippen LogP contribution in [0.1, 0.15) is 27.2 Å². The van der Waals surface area contributed by atoms with Gasteiger partial charge in [0.1, 0.15) is 0 Å². The van der Waals surface area contributed by atoms with E-state index in [1.54, 1.807) is 4.90 Å². The molecule has 1 rings (SSSR count). The maximum Gasteiger partial charge on any atom is 0.324 e. The van der Waals surface area contributed by atoms with Crippen molar-refractivity contribution in [1.82, 2.24) is 10.2 Å². The van der Waals surface area contributed by atoms with E-state index >= 15 is 0 Å². The first-order valence-corrected chi connectivity index (χ1v) is 6.19.